The average molecular weight is 352 g/mol. The zero-order valence-electron chi connectivity index (χ0n) is 14.4. The fourth-order valence-electron chi connectivity index (χ4n) is 2.68. The van der Waals surface area contributed by atoms with Crippen LogP contribution in [0.4, 0.5) is 11.4 Å². The summed E-state index contributed by atoms with van der Waals surface area (Å²) in [5.41, 5.74) is 2.06. The van der Waals surface area contributed by atoms with Crippen molar-refractivity contribution >= 4 is 22.9 Å². The molecule has 2 aromatic heterocycles. The van der Waals surface area contributed by atoms with Crippen LogP contribution in [0.3, 0.4) is 0 Å². The lowest BCUT2D eigenvalue weighted by atomic mass is 10.1. The van der Waals surface area contributed by atoms with E-state index in [2.05, 4.69) is 10.3 Å². The van der Waals surface area contributed by atoms with Crippen LogP contribution >= 0.6 is 0 Å². The van der Waals surface area contributed by atoms with Crippen molar-refractivity contribution in [3.8, 4) is 0 Å². The quantitative estimate of drug-likeness (QED) is 0.576. The third-order valence-corrected chi connectivity index (χ3v) is 4.06. The van der Waals surface area contributed by atoms with Gasteiger partial charge in [-0.05, 0) is 50.6 Å². The van der Waals surface area contributed by atoms with Crippen molar-refractivity contribution in [2.24, 2.45) is 0 Å². The molecule has 0 spiro atoms. The maximum absolute atomic E-state index is 12.7. The van der Waals surface area contributed by atoms with Gasteiger partial charge in [0.2, 0.25) is 0 Å². The number of nitro benzene ring substituents is 1. The van der Waals surface area contributed by atoms with Gasteiger partial charge in [0.25, 0.3) is 17.2 Å². The Bertz CT molecular complexity index is 1120. The first-order valence-corrected chi connectivity index (χ1v) is 7.84. The third kappa shape index (κ3) is 3.04. The first kappa shape index (κ1) is 17.3. The molecule has 0 saturated carbocycles. The Morgan fingerprint density at radius 3 is 2.58 bits per heavy atom. The number of carbonyl (C=O) groups excluding carboxylic acids is 1. The highest BCUT2D eigenvalue weighted by Crippen LogP contribution is 2.19. The normalized spacial score (nSPS) is 10.7. The van der Waals surface area contributed by atoms with Crippen LogP contribution in [0.1, 0.15) is 27.2 Å². The number of aromatic nitrogens is 2. The Morgan fingerprint density at radius 1 is 1.19 bits per heavy atom. The van der Waals surface area contributed by atoms with Crippen LogP contribution in [0.2, 0.25) is 0 Å². The molecular weight excluding hydrogens is 336 g/mol. The fourth-order valence-corrected chi connectivity index (χ4v) is 2.68. The second kappa shape index (κ2) is 6.40. The zero-order valence-corrected chi connectivity index (χ0v) is 14.4. The number of nitrogens with one attached hydrogen (secondary N) is 1. The number of anilines is 1. The molecule has 3 aromatic rings. The van der Waals surface area contributed by atoms with Gasteiger partial charge in [-0.2, -0.15) is 0 Å². The van der Waals surface area contributed by atoms with Crippen molar-refractivity contribution in [2.75, 3.05) is 5.32 Å². The molecule has 0 saturated heterocycles. The van der Waals surface area contributed by atoms with Crippen molar-refractivity contribution in [2.45, 2.75) is 20.8 Å². The Hall–Kier alpha value is -3.55. The summed E-state index contributed by atoms with van der Waals surface area (Å²) in [5, 5.41) is 13.5. The van der Waals surface area contributed by atoms with E-state index in [-0.39, 0.29) is 22.5 Å². The predicted molar refractivity (Wildman–Crippen MR) is 96.7 cm³/mol. The third-order valence-electron chi connectivity index (χ3n) is 4.06. The molecule has 26 heavy (non-hydrogen) atoms. The van der Waals surface area contributed by atoms with Crippen LogP contribution in [0.15, 0.2) is 41.3 Å². The van der Waals surface area contributed by atoms with Gasteiger partial charge in [-0.25, -0.2) is 4.98 Å². The van der Waals surface area contributed by atoms with E-state index in [9.17, 15) is 19.7 Å². The molecule has 1 N–H and O–H groups in total. The van der Waals surface area contributed by atoms with Gasteiger partial charge in [-0.15, -0.1) is 0 Å². The summed E-state index contributed by atoms with van der Waals surface area (Å²) in [6, 6.07) is 7.59. The van der Waals surface area contributed by atoms with E-state index in [1.807, 2.05) is 6.92 Å². The molecule has 0 unspecified atom stereocenters. The lowest BCUT2D eigenvalue weighted by Gasteiger charge is -2.10. The van der Waals surface area contributed by atoms with E-state index < -0.39 is 10.8 Å². The number of hydrogen-bond acceptors (Lipinski definition) is 5. The van der Waals surface area contributed by atoms with Crippen molar-refractivity contribution in [1.82, 2.24) is 9.38 Å². The standard InChI is InChI=1S/C18H16N4O4/c1-10-6-7-21-15(8-10)19-12(3)16(18(21)24)20-17(23)13-4-5-14(22(25)26)11(2)9-13/h4-9H,1-3H3,(H,20,23). The molecule has 3 rings (SSSR count). The Balaban J connectivity index is 2.00. The van der Waals surface area contributed by atoms with E-state index in [0.717, 1.165) is 5.56 Å². The van der Waals surface area contributed by atoms with Gasteiger partial charge in [0.1, 0.15) is 11.3 Å². The second-order valence-electron chi connectivity index (χ2n) is 6.02. The van der Waals surface area contributed by atoms with E-state index in [1.54, 1.807) is 32.2 Å². The van der Waals surface area contributed by atoms with E-state index in [0.29, 0.717) is 16.9 Å². The summed E-state index contributed by atoms with van der Waals surface area (Å²) >= 11 is 0. The number of aryl methyl sites for hydroxylation is 3. The molecule has 1 amide bonds. The minimum Gasteiger partial charge on any atom is -0.316 e. The van der Waals surface area contributed by atoms with Crippen LogP contribution in [0.25, 0.3) is 5.65 Å². The Morgan fingerprint density at radius 2 is 1.92 bits per heavy atom. The van der Waals surface area contributed by atoms with E-state index in [1.165, 1.54) is 22.6 Å². The summed E-state index contributed by atoms with van der Waals surface area (Å²) in [7, 11) is 0. The predicted octanol–water partition coefficient (Wildman–Crippen LogP) is 2.78. The number of nitrogens with zero attached hydrogens (tertiary/aromatic N) is 3. The van der Waals surface area contributed by atoms with E-state index >= 15 is 0 Å². The lowest BCUT2D eigenvalue weighted by Crippen LogP contribution is -2.25. The maximum atomic E-state index is 12.7. The molecule has 2 heterocycles. The highest BCUT2D eigenvalue weighted by atomic mass is 16.6. The Labute approximate surface area is 148 Å². The highest BCUT2D eigenvalue weighted by molar-refractivity contribution is 6.04. The molecule has 0 aliphatic heterocycles. The molecule has 0 aliphatic rings. The smallest absolute Gasteiger partial charge is 0.281 e. The average Bonchev–Trinajstić information content (AvgIpc) is 2.57. The van der Waals surface area contributed by atoms with Crippen LogP contribution in [-0.2, 0) is 0 Å². The van der Waals surface area contributed by atoms with E-state index in [4.69, 9.17) is 0 Å². The summed E-state index contributed by atoms with van der Waals surface area (Å²) in [5.74, 6) is -0.531. The van der Waals surface area contributed by atoms with Gasteiger partial charge in [-0.3, -0.25) is 24.1 Å². The molecule has 0 fully saturated rings. The molecule has 0 aliphatic carbocycles. The molecule has 1 aromatic carbocycles. The lowest BCUT2D eigenvalue weighted by molar-refractivity contribution is -0.385. The van der Waals surface area contributed by atoms with Crippen molar-refractivity contribution in [3.63, 3.8) is 0 Å². The number of rotatable bonds is 3. The highest BCUT2D eigenvalue weighted by Gasteiger charge is 2.17. The molecule has 8 nitrogen and oxygen atoms in total. The molecule has 0 radical (unpaired) electrons. The second-order valence-corrected chi connectivity index (χ2v) is 6.02. The van der Waals surface area contributed by atoms with Crippen LogP contribution < -0.4 is 10.9 Å². The molecule has 0 bridgehead atoms. The minimum absolute atomic E-state index is 0.0689. The van der Waals surface area contributed by atoms with Gasteiger partial charge < -0.3 is 5.32 Å². The van der Waals surface area contributed by atoms with Gasteiger partial charge in [0.05, 0.1) is 10.6 Å². The number of nitro groups is 1. The number of fused-ring (bicyclic) bond motifs is 1. The van der Waals surface area contributed by atoms with Crippen molar-refractivity contribution in [1.29, 1.82) is 0 Å². The monoisotopic (exact) mass is 352 g/mol. The van der Waals surface area contributed by atoms with Gasteiger partial charge >= 0.3 is 0 Å². The molecule has 8 heteroatoms. The number of amides is 1. The topological polar surface area (TPSA) is 107 Å². The fraction of sp³-hybridized carbons (Fsp3) is 0.167. The first-order valence-electron chi connectivity index (χ1n) is 7.84. The molecular formula is C18H16N4O4. The molecule has 0 atom stereocenters. The summed E-state index contributed by atoms with van der Waals surface area (Å²) in [4.78, 5) is 39.9. The summed E-state index contributed by atoms with van der Waals surface area (Å²) in [6.45, 7) is 5.09. The number of benzene rings is 1. The Kier molecular flexibility index (Phi) is 4.25. The zero-order chi connectivity index (χ0) is 19.0. The summed E-state index contributed by atoms with van der Waals surface area (Å²) in [6.07, 6.45) is 1.60. The maximum Gasteiger partial charge on any atom is 0.281 e. The van der Waals surface area contributed by atoms with Gasteiger partial charge in [0.15, 0.2) is 0 Å². The minimum atomic E-state index is -0.531. The molecule has 132 valence electrons. The van der Waals surface area contributed by atoms with Crippen LogP contribution in [0, 0.1) is 30.9 Å². The van der Waals surface area contributed by atoms with Gasteiger partial charge in [0, 0.05) is 23.4 Å². The van der Waals surface area contributed by atoms with Crippen molar-refractivity contribution in [3.05, 3.63) is 79.4 Å². The van der Waals surface area contributed by atoms with Crippen LogP contribution in [0.5, 0.6) is 0 Å². The first-order chi connectivity index (χ1) is 12.3. The number of pyridine rings is 1. The summed E-state index contributed by atoms with van der Waals surface area (Å²) < 4.78 is 1.36. The largest absolute Gasteiger partial charge is 0.316 e. The number of hydrogen-bond donors (Lipinski definition) is 1. The van der Waals surface area contributed by atoms with Crippen molar-refractivity contribution < 1.29 is 9.72 Å². The number of carbonyl (C=O) groups is 1. The van der Waals surface area contributed by atoms with Crippen LogP contribution in [-0.4, -0.2) is 20.2 Å². The van der Waals surface area contributed by atoms with Gasteiger partial charge in [-0.1, -0.05) is 0 Å². The SMILES string of the molecule is Cc1ccn2c(=O)c(NC(=O)c3ccc([N+](=O)[O-])c(C)c3)c(C)nc2c1.